The molecule has 144 valence electrons. The summed E-state index contributed by atoms with van der Waals surface area (Å²) in [5.74, 6) is -0.437. The van der Waals surface area contributed by atoms with Gasteiger partial charge in [0.05, 0.1) is 17.5 Å². The van der Waals surface area contributed by atoms with E-state index in [1.54, 1.807) is 12.1 Å². The van der Waals surface area contributed by atoms with Crippen LogP contribution in [0.1, 0.15) is 53.2 Å². The van der Waals surface area contributed by atoms with Gasteiger partial charge in [0.2, 0.25) is 0 Å². The van der Waals surface area contributed by atoms with Gasteiger partial charge in [-0.3, -0.25) is 14.8 Å². The van der Waals surface area contributed by atoms with Crippen molar-refractivity contribution in [3.8, 4) is 0 Å². The maximum atomic E-state index is 14.7. The first kappa shape index (κ1) is 18.0. The third-order valence-electron chi connectivity index (χ3n) is 5.77. The van der Waals surface area contributed by atoms with Crippen LogP contribution in [0.3, 0.4) is 0 Å². The fourth-order valence-electron chi connectivity index (χ4n) is 4.42. The molecule has 0 unspecified atom stereocenters. The monoisotopic (exact) mass is 371 g/mol. The molecule has 2 aliphatic rings. The SMILES string of the molecule is NC(=O)c1cn[nH]c1[C@H]1CCCN(Cc2c(F)cccc2N2CCCC2)C1. The lowest BCUT2D eigenvalue weighted by molar-refractivity contribution is 0.0997. The topological polar surface area (TPSA) is 78.2 Å². The van der Waals surface area contributed by atoms with Gasteiger partial charge in [0.25, 0.3) is 5.91 Å². The number of likely N-dealkylation sites (tertiary alicyclic amines) is 1. The highest BCUT2D eigenvalue weighted by Gasteiger charge is 2.28. The highest BCUT2D eigenvalue weighted by atomic mass is 19.1. The van der Waals surface area contributed by atoms with Crippen molar-refractivity contribution >= 4 is 11.6 Å². The number of halogens is 1. The van der Waals surface area contributed by atoms with Crippen LogP contribution in [0.25, 0.3) is 0 Å². The van der Waals surface area contributed by atoms with E-state index in [4.69, 9.17) is 5.73 Å². The Labute approximate surface area is 158 Å². The maximum Gasteiger partial charge on any atom is 0.252 e. The molecule has 3 N–H and O–H groups in total. The van der Waals surface area contributed by atoms with Crippen LogP contribution in [0.5, 0.6) is 0 Å². The average Bonchev–Trinajstić information content (AvgIpc) is 3.35. The molecule has 0 aliphatic carbocycles. The number of aromatic amines is 1. The second kappa shape index (κ2) is 7.68. The Morgan fingerprint density at radius 2 is 2.07 bits per heavy atom. The van der Waals surface area contributed by atoms with E-state index >= 15 is 0 Å². The number of hydrogen-bond donors (Lipinski definition) is 2. The Bertz CT molecular complexity index is 814. The Hall–Kier alpha value is -2.41. The quantitative estimate of drug-likeness (QED) is 0.847. The lowest BCUT2D eigenvalue weighted by Gasteiger charge is -2.33. The number of nitrogens with one attached hydrogen (secondary N) is 1. The van der Waals surface area contributed by atoms with Gasteiger partial charge in [-0.25, -0.2) is 4.39 Å². The third kappa shape index (κ3) is 3.69. The number of H-pyrrole nitrogens is 1. The fraction of sp³-hybridized carbons (Fsp3) is 0.500. The number of nitrogens with two attached hydrogens (primary N) is 1. The number of carbonyl (C=O) groups is 1. The number of rotatable bonds is 5. The zero-order chi connectivity index (χ0) is 18.8. The molecule has 1 aromatic heterocycles. The van der Waals surface area contributed by atoms with Crippen LogP contribution >= 0.6 is 0 Å². The minimum atomic E-state index is -0.457. The second-order valence-electron chi connectivity index (χ2n) is 7.57. The van der Waals surface area contributed by atoms with Crippen LogP contribution in [-0.2, 0) is 6.54 Å². The smallest absolute Gasteiger partial charge is 0.252 e. The molecule has 27 heavy (non-hydrogen) atoms. The van der Waals surface area contributed by atoms with Crippen molar-refractivity contribution in [3.63, 3.8) is 0 Å². The van der Waals surface area contributed by atoms with Gasteiger partial charge >= 0.3 is 0 Å². The summed E-state index contributed by atoms with van der Waals surface area (Å²) in [6, 6.07) is 5.39. The Morgan fingerprint density at radius 3 is 2.85 bits per heavy atom. The van der Waals surface area contributed by atoms with E-state index < -0.39 is 5.91 Å². The van der Waals surface area contributed by atoms with Crippen LogP contribution in [0, 0.1) is 5.82 Å². The molecule has 6 nitrogen and oxygen atoms in total. The molecule has 2 aromatic rings. The highest BCUT2D eigenvalue weighted by molar-refractivity contribution is 5.93. The lowest BCUT2D eigenvalue weighted by atomic mass is 9.92. The number of benzene rings is 1. The summed E-state index contributed by atoms with van der Waals surface area (Å²) in [6.07, 6.45) is 5.79. The molecule has 0 saturated carbocycles. The standard InChI is InChI=1S/C20H26FN5O/c21-17-6-3-7-18(26-9-1-2-10-26)16(17)13-25-8-4-5-14(12-25)19-15(20(22)27)11-23-24-19/h3,6-7,11,14H,1-2,4-5,8-10,12-13H2,(H2,22,27)(H,23,24)/t14-/m0/s1. The summed E-state index contributed by atoms with van der Waals surface area (Å²) in [6.45, 7) is 4.25. The summed E-state index contributed by atoms with van der Waals surface area (Å²) in [7, 11) is 0. The van der Waals surface area contributed by atoms with E-state index in [2.05, 4.69) is 20.0 Å². The minimum Gasteiger partial charge on any atom is -0.371 e. The maximum absolute atomic E-state index is 14.7. The van der Waals surface area contributed by atoms with Crippen molar-refractivity contribution in [2.24, 2.45) is 5.73 Å². The van der Waals surface area contributed by atoms with E-state index in [-0.39, 0.29) is 11.7 Å². The van der Waals surface area contributed by atoms with Crippen molar-refractivity contribution in [2.75, 3.05) is 31.1 Å². The lowest BCUT2D eigenvalue weighted by Crippen LogP contribution is -2.35. The predicted octanol–water partition coefficient (Wildman–Crippen LogP) is 2.63. The number of carbonyl (C=O) groups excluding carboxylic acids is 1. The largest absolute Gasteiger partial charge is 0.371 e. The highest BCUT2D eigenvalue weighted by Crippen LogP contribution is 2.32. The van der Waals surface area contributed by atoms with Gasteiger partial charge in [-0.05, 0) is 44.4 Å². The zero-order valence-corrected chi connectivity index (χ0v) is 15.5. The van der Waals surface area contributed by atoms with E-state index in [1.165, 1.54) is 6.20 Å². The van der Waals surface area contributed by atoms with Gasteiger partial charge in [0.1, 0.15) is 5.82 Å². The molecule has 0 bridgehead atoms. The first-order valence-electron chi connectivity index (χ1n) is 9.71. The zero-order valence-electron chi connectivity index (χ0n) is 15.5. The normalized spacial score (nSPS) is 20.9. The first-order valence-corrected chi connectivity index (χ1v) is 9.71. The van der Waals surface area contributed by atoms with E-state index in [1.807, 2.05) is 6.07 Å². The number of nitrogens with zero attached hydrogens (tertiary/aromatic N) is 3. The summed E-state index contributed by atoms with van der Waals surface area (Å²) in [4.78, 5) is 16.2. The summed E-state index contributed by atoms with van der Waals surface area (Å²) in [5.41, 5.74) is 8.54. The van der Waals surface area contributed by atoms with E-state index in [0.29, 0.717) is 12.1 Å². The Balaban J connectivity index is 1.53. The van der Waals surface area contributed by atoms with Gasteiger partial charge in [-0.2, -0.15) is 5.10 Å². The Kier molecular flexibility index (Phi) is 5.11. The molecule has 7 heteroatoms. The molecule has 3 heterocycles. The van der Waals surface area contributed by atoms with Crippen molar-refractivity contribution < 1.29 is 9.18 Å². The average molecular weight is 371 g/mol. The molecule has 2 saturated heterocycles. The van der Waals surface area contributed by atoms with Gasteiger partial charge in [0, 0.05) is 43.3 Å². The summed E-state index contributed by atoms with van der Waals surface area (Å²) >= 11 is 0. The molecule has 1 atom stereocenters. The van der Waals surface area contributed by atoms with Gasteiger partial charge in [-0.15, -0.1) is 0 Å². The van der Waals surface area contributed by atoms with Gasteiger partial charge < -0.3 is 10.6 Å². The molecular formula is C20H26FN5O. The molecular weight excluding hydrogens is 345 g/mol. The molecule has 0 radical (unpaired) electrons. The fourth-order valence-corrected chi connectivity index (χ4v) is 4.42. The first-order chi connectivity index (χ1) is 13.1. The summed E-state index contributed by atoms with van der Waals surface area (Å²) < 4.78 is 14.7. The van der Waals surface area contributed by atoms with Crippen molar-refractivity contribution in [2.45, 2.75) is 38.1 Å². The number of amides is 1. The number of aromatic nitrogens is 2. The molecule has 0 spiro atoms. The molecule has 4 rings (SSSR count). The van der Waals surface area contributed by atoms with Crippen molar-refractivity contribution in [1.29, 1.82) is 0 Å². The molecule has 2 fully saturated rings. The minimum absolute atomic E-state index is 0.138. The van der Waals surface area contributed by atoms with Crippen LogP contribution in [0.2, 0.25) is 0 Å². The predicted molar refractivity (Wildman–Crippen MR) is 102 cm³/mol. The van der Waals surface area contributed by atoms with Gasteiger partial charge in [-0.1, -0.05) is 6.07 Å². The van der Waals surface area contributed by atoms with Gasteiger partial charge in [0.15, 0.2) is 0 Å². The van der Waals surface area contributed by atoms with Crippen molar-refractivity contribution in [1.82, 2.24) is 15.1 Å². The van der Waals surface area contributed by atoms with Crippen LogP contribution in [-0.4, -0.2) is 47.2 Å². The van der Waals surface area contributed by atoms with E-state index in [0.717, 1.165) is 68.8 Å². The van der Waals surface area contributed by atoms with Crippen LogP contribution < -0.4 is 10.6 Å². The number of primary amides is 1. The van der Waals surface area contributed by atoms with Crippen molar-refractivity contribution in [3.05, 3.63) is 47.0 Å². The Morgan fingerprint density at radius 1 is 1.26 bits per heavy atom. The molecule has 1 aromatic carbocycles. The molecule has 1 amide bonds. The number of hydrogen-bond acceptors (Lipinski definition) is 4. The number of anilines is 1. The third-order valence-corrected chi connectivity index (χ3v) is 5.77. The second-order valence-corrected chi connectivity index (χ2v) is 7.57. The van der Waals surface area contributed by atoms with E-state index in [9.17, 15) is 9.18 Å². The number of piperidine rings is 1. The molecule has 2 aliphatic heterocycles. The van der Waals surface area contributed by atoms with Crippen LogP contribution in [0.15, 0.2) is 24.4 Å². The van der Waals surface area contributed by atoms with Crippen LogP contribution in [0.4, 0.5) is 10.1 Å². The summed E-state index contributed by atoms with van der Waals surface area (Å²) in [5, 5.41) is 6.95.